The van der Waals surface area contributed by atoms with Gasteiger partial charge in [-0.05, 0) is 31.6 Å². The standard InChI is InChI=1S/C15H20F2N4/c16-14(17)10-20-6-3-7-21(9-8-20)11-15-18-12-4-1-2-5-13(12)19-15/h1-2,4-5,14H,3,6-11H2,(H,18,19). The molecule has 0 aliphatic carbocycles. The van der Waals surface area contributed by atoms with Gasteiger partial charge in [-0.25, -0.2) is 13.8 Å². The highest BCUT2D eigenvalue weighted by molar-refractivity contribution is 5.74. The molecular formula is C15H20F2N4. The Hall–Kier alpha value is -1.53. The summed E-state index contributed by atoms with van der Waals surface area (Å²) in [4.78, 5) is 12.0. The molecule has 1 saturated heterocycles. The van der Waals surface area contributed by atoms with Crippen molar-refractivity contribution in [2.24, 2.45) is 0 Å². The lowest BCUT2D eigenvalue weighted by atomic mass is 10.3. The van der Waals surface area contributed by atoms with E-state index in [0.717, 1.165) is 49.5 Å². The van der Waals surface area contributed by atoms with Crippen LogP contribution in [0.1, 0.15) is 12.2 Å². The van der Waals surface area contributed by atoms with Gasteiger partial charge in [0.2, 0.25) is 0 Å². The van der Waals surface area contributed by atoms with E-state index in [1.165, 1.54) is 0 Å². The summed E-state index contributed by atoms with van der Waals surface area (Å²) in [6.45, 7) is 3.82. The van der Waals surface area contributed by atoms with Crippen LogP contribution in [0.2, 0.25) is 0 Å². The number of benzene rings is 1. The first-order chi connectivity index (χ1) is 10.2. The number of aromatic nitrogens is 2. The van der Waals surface area contributed by atoms with E-state index in [9.17, 15) is 8.78 Å². The van der Waals surface area contributed by atoms with Crippen LogP contribution in [0.3, 0.4) is 0 Å². The van der Waals surface area contributed by atoms with Gasteiger partial charge in [0, 0.05) is 13.1 Å². The van der Waals surface area contributed by atoms with E-state index < -0.39 is 6.43 Å². The summed E-state index contributed by atoms with van der Waals surface area (Å²) in [6, 6.07) is 7.96. The van der Waals surface area contributed by atoms with E-state index >= 15 is 0 Å². The Kier molecular flexibility index (Phi) is 4.45. The van der Waals surface area contributed by atoms with Gasteiger partial charge in [0.05, 0.1) is 24.1 Å². The second-order valence-electron chi connectivity index (χ2n) is 5.52. The summed E-state index contributed by atoms with van der Waals surface area (Å²) in [5.74, 6) is 0.943. The number of hydrogen-bond acceptors (Lipinski definition) is 3. The van der Waals surface area contributed by atoms with Crippen molar-refractivity contribution in [1.29, 1.82) is 0 Å². The van der Waals surface area contributed by atoms with E-state index in [0.29, 0.717) is 6.54 Å². The normalized spacial score (nSPS) is 18.4. The van der Waals surface area contributed by atoms with E-state index in [1.54, 1.807) is 0 Å². The van der Waals surface area contributed by atoms with Crippen molar-refractivity contribution in [2.75, 3.05) is 32.7 Å². The summed E-state index contributed by atoms with van der Waals surface area (Å²) in [5, 5.41) is 0. The molecule has 0 saturated carbocycles. The van der Waals surface area contributed by atoms with Crippen molar-refractivity contribution in [2.45, 2.75) is 19.4 Å². The zero-order valence-corrected chi connectivity index (χ0v) is 11.9. The molecule has 0 unspecified atom stereocenters. The molecule has 1 fully saturated rings. The Balaban J connectivity index is 1.60. The zero-order chi connectivity index (χ0) is 14.7. The van der Waals surface area contributed by atoms with Gasteiger partial charge in [0.25, 0.3) is 6.43 Å². The molecule has 0 amide bonds. The minimum absolute atomic E-state index is 0.113. The number of halogens is 2. The van der Waals surface area contributed by atoms with E-state index in [1.807, 2.05) is 29.2 Å². The highest BCUT2D eigenvalue weighted by atomic mass is 19.3. The van der Waals surface area contributed by atoms with Crippen LogP contribution >= 0.6 is 0 Å². The quantitative estimate of drug-likeness (QED) is 0.940. The molecule has 0 spiro atoms. The molecule has 1 aliphatic heterocycles. The fraction of sp³-hybridized carbons (Fsp3) is 0.533. The molecule has 1 aromatic heterocycles. The van der Waals surface area contributed by atoms with Gasteiger partial charge in [-0.3, -0.25) is 9.80 Å². The molecule has 3 rings (SSSR count). The Morgan fingerprint density at radius 2 is 1.86 bits per heavy atom. The first-order valence-corrected chi connectivity index (χ1v) is 7.37. The van der Waals surface area contributed by atoms with Crippen LogP contribution in [-0.2, 0) is 6.54 Å². The van der Waals surface area contributed by atoms with Crippen LogP contribution in [0.5, 0.6) is 0 Å². The maximum atomic E-state index is 12.4. The number of alkyl halides is 2. The van der Waals surface area contributed by atoms with Crippen molar-refractivity contribution in [3.63, 3.8) is 0 Å². The molecule has 21 heavy (non-hydrogen) atoms. The molecule has 1 aliphatic rings. The van der Waals surface area contributed by atoms with Gasteiger partial charge in [-0.2, -0.15) is 0 Å². The average molecular weight is 294 g/mol. The molecule has 2 heterocycles. The van der Waals surface area contributed by atoms with Gasteiger partial charge in [0.1, 0.15) is 5.82 Å². The number of imidazole rings is 1. The zero-order valence-electron chi connectivity index (χ0n) is 11.9. The minimum Gasteiger partial charge on any atom is -0.341 e. The third-order valence-corrected chi connectivity index (χ3v) is 3.89. The first kappa shape index (κ1) is 14.4. The second kappa shape index (κ2) is 6.49. The molecule has 0 radical (unpaired) electrons. The largest absolute Gasteiger partial charge is 0.341 e. The Labute approximate surface area is 122 Å². The third-order valence-electron chi connectivity index (χ3n) is 3.89. The Bertz CT molecular complexity index is 551. The van der Waals surface area contributed by atoms with Crippen LogP contribution in [0, 0.1) is 0 Å². The molecule has 1 aromatic carbocycles. The van der Waals surface area contributed by atoms with Crippen molar-refractivity contribution in [3.8, 4) is 0 Å². The van der Waals surface area contributed by atoms with Crippen LogP contribution in [0.4, 0.5) is 8.78 Å². The fourth-order valence-corrected chi connectivity index (χ4v) is 2.85. The maximum Gasteiger partial charge on any atom is 0.251 e. The molecule has 0 atom stereocenters. The second-order valence-corrected chi connectivity index (χ2v) is 5.52. The minimum atomic E-state index is -2.24. The lowest BCUT2D eigenvalue weighted by molar-refractivity contribution is 0.0897. The average Bonchev–Trinajstić information content (AvgIpc) is 2.73. The van der Waals surface area contributed by atoms with Crippen LogP contribution < -0.4 is 0 Å². The number of rotatable bonds is 4. The van der Waals surface area contributed by atoms with E-state index in [-0.39, 0.29) is 6.54 Å². The molecular weight excluding hydrogens is 274 g/mol. The number of hydrogen-bond donors (Lipinski definition) is 1. The van der Waals surface area contributed by atoms with Gasteiger partial charge in [0.15, 0.2) is 0 Å². The topological polar surface area (TPSA) is 35.2 Å². The molecule has 114 valence electrons. The third kappa shape index (κ3) is 3.77. The number of H-pyrrole nitrogens is 1. The van der Waals surface area contributed by atoms with Gasteiger partial charge < -0.3 is 4.98 Å². The molecule has 4 nitrogen and oxygen atoms in total. The first-order valence-electron chi connectivity index (χ1n) is 7.37. The van der Waals surface area contributed by atoms with Gasteiger partial charge in [-0.15, -0.1) is 0 Å². The Morgan fingerprint density at radius 3 is 2.67 bits per heavy atom. The predicted molar refractivity (Wildman–Crippen MR) is 78.4 cm³/mol. The summed E-state index contributed by atoms with van der Waals surface area (Å²) >= 11 is 0. The SMILES string of the molecule is FC(F)CN1CCCN(Cc2nc3ccccc3[nH]2)CC1. The van der Waals surface area contributed by atoms with Crippen LogP contribution in [-0.4, -0.2) is 58.9 Å². The molecule has 2 aromatic rings. The van der Waals surface area contributed by atoms with Crippen molar-refractivity contribution < 1.29 is 8.78 Å². The lowest BCUT2D eigenvalue weighted by Gasteiger charge is -2.20. The summed E-state index contributed by atoms with van der Waals surface area (Å²) < 4.78 is 24.9. The van der Waals surface area contributed by atoms with Crippen LogP contribution in [0.15, 0.2) is 24.3 Å². The number of fused-ring (bicyclic) bond motifs is 1. The summed E-state index contributed by atoms with van der Waals surface area (Å²) in [7, 11) is 0. The number of para-hydroxylation sites is 2. The predicted octanol–water partition coefficient (Wildman–Crippen LogP) is 2.34. The molecule has 0 bridgehead atoms. The van der Waals surface area contributed by atoms with Gasteiger partial charge in [-0.1, -0.05) is 12.1 Å². The number of nitrogens with zero attached hydrogens (tertiary/aromatic N) is 3. The van der Waals surface area contributed by atoms with E-state index in [2.05, 4.69) is 14.9 Å². The highest BCUT2D eigenvalue weighted by Crippen LogP contribution is 2.13. The number of nitrogens with one attached hydrogen (secondary N) is 1. The molecule has 6 heteroatoms. The van der Waals surface area contributed by atoms with Crippen molar-refractivity contribution in [3.05, 3.63) is 30.1 Å². The smallest absolute Gasteiger partial charge is 0.251 e. The highest BCUT2D eigenvalue weighted by Gasteiger charge is 2.18. The summed E-state index contributed by atoms with van der Waals surface area (Å²) in [5.41, 5.74) is 2.02. The van der Waals surface area contributed by atoms with Crippen molar-refractivity contribution >= 4 is 11.0 Å². The maximum absolute atomic E-state index is 12.4. The fourth-order valence-electron chi connectivity index (χ4n) is 2.85. The van der Waals surface area contributed by atoms with Crippen LogP contribution in [0.25, 0.3) is 11.0 Å². The molecule has 1 N–H and O–H groups in total. The lowest BCUT2D eigenvalue weighted by Crippen LogP contribution is -2.33. The van der Waals surface area contributed by atoms with E-state index in [4.69, 9.17) is 0 Å². The number of aromatic amines is 1. The Morgan fingerprint density at radius 1 is 1.10 bits per heavy atom. The van der Waals surface area contributed by atoms with Crippen molar-refractivity contribution in [1.82, 2.24) is 19.8 Å². The monoisotopic (exact) mass is 294 g/mol. The summed E-state index contributed by atoms with van der Waals surface area (Å²) in [6.07, 6.45) is -1.32. The van der Waals surface area contributed by atoms with Gasteiger partial charge >= 0.3 is 0 Å².